The SMILES string of the molecule is O=C(O)CCOCCOCCOCCOCCOCCOCCC(=O)N1CCN(c2ccc(NC3CCC(=O)NC3=O)cc2)CC1. The quantitative estimate of drug-likeness (QED) is 0.104. The van der Waals surface area contributed by atoms with Crippen molar-refractivity contribution in [1.82, 2.24) is 10.2 Å². The van der Waals surface area contributed by atoms with Gasteiger partial charge in [0.05, 0.1) is 92.1 Å². The van der Waals surface area contributed by atoms with E-state index in [0.29, 0.717) is 105 Å². The van der Waals surface area contributed by atoms with Crippen LogP contribution >= 0.6 is 0 Å². The van der Waals surface area contributed by atoms with Crippen molar-refractivity contribution in [3.8, 4) is 0 Å². The van der Waals surface area contributed by atoms with Crippen molar-refractivity contribution in [2.45, 2.75) is 31.7 Å². The van der Waals surface area contributed by atoms with E-state index < -0.39 is 12.0 Å². The maximum Gasteiger partial charge on any atom is 0.305 e. The highest BCUT2D eigenvalue weighted by Crippen LogP contribution is 2.21. The van der Waals surface area contributed by atoms with E-state index in [-0.39, 0.29) is 30.7 Å². The monoisotopic (exact) mass is 652 g/mol. The van der Waals surface area contributed by atoms with Gasteiger partial charge >= 0.3 is 5.97 Å². The number of nitrogens with zero attached hydrogens (tertiary/aromatic N) is 2. The maximum atomic E-state index is 12.6. The van der Waals surface area contributed by atoms with E-state index in [2.05, 4.69) is 15.5 Å². The third kappa shape index (κ3) is 15.3. The van der Waals surface area contributed by atoms with Crippen molar-refractivity contribution in [1.29, 1.82) is 0 Å². The summed E-state index contributed by atoms with van der Waals surface area (Å²) in [6, 6.07) is 7.43. The Morgan fingerprint density at radius 2 is 1.20 bits per heavy atom. The van der Waals surface area contributed by atoms with Crippen molar-refractivity contribution < 1.29 is 52.7 Å². The molecular formula is C31H48N4O11. The molecule has 2 aliphatic rings. The van der Waals surface area contributed by atoms with Crippen LogP contribution in [0.15, 0.2) is 24.3 Å². The van der Waals surface area contributed by atoms with Gasteiger partial charge in [-0.05, 0) is 30.7 Å². The van der Waals surface area contributed by atoms with E-state index in [1.807, 2.05) is 29.2 Å². The molecule has 2 saturated heterocycles. The number of ether oxygens (including phenoxy) is 6. The molecule has 15 heteroatoms. The van der Waals surface area contributed by atoms with Gasteiger partial charge in [-0.3, -0.25) is 24.5 Å². The first-order chi connectivity index (χ1) is 22.4. The van der Waals surface area contributed by atoms with Gasteiger partial charge in [0.1, 0.15) is 6.04 Å². The Bertz CT molecular complexity index is 1050. The summed E-state index contributed by atoms with van der Waals surface area (Å²) in [4.78, 5) is 50.4. The van der Waals surface area contributed by atoms with Crippen LogP contribution in [0.1, 0.15) is 25.7 Å². The fraction of sp³-hybridized carbons (Fsp3) is 0.677. The van der Waals surface area contributed by atoms with Gasteiger partial charge in [0.25, 0.3) is 0 Å². The summed E-state index contributed by atoms with van der Waals surface area (Å²) in [6.45, 7) is 7.51. The Balaban J connectivity index is 1.09. The normalized spacial score (nSPS) is 16.8. The van der Waals surface area contributed by atoms with Crippen molar-refractivity contribution >= 4 is 35.1 Å². The molecule has 258 valence electrons. The first kappa shape index (κ1) is 37.1. The summed E-state index contributed by atoms with van der Waals surface area (Å²) >= 11 is 0. The van der Waals surface area contributed by atoms with Crippen LogP contribution in [0.4, 0.5) is 11.4 Å². The maximum absolute atomic E-state index is 12.6. The van der Waals surface area contributed by atoms with E-state index in [9.17, 15) is 19.2 Å². The standard InChI is InChI=1S/C31H48N4O11/c36-28-6-5-27(31(40)33-28)32-25-1-3-26(4-2-25)34-9-11-35(12-10-34)29(37)7-13-41-15-17-43-19-21-45-23-24-46-22-20-44-18-16-42-14-8-30(38)39/h1-4,27,32H,5-24H2,(H,38,39)(H,33,36,40). The highest BCUT2D eigenvalue weighted by atomic mass is 16.6. The lowest BCUT2D eigenvalue weighted by molar-refractivity contribution is -0.138. The van der Waals surface area contributed by atoms with E-state index >= 15 is 0 Å². The van der Waals surface area contributed by atoms with Gasteiger partial charge in [0.15, 0.2) is 0 Å². The molecule has 0 saturated carbocycles. The number of carbonyl (C=O) groups is 4. The molecule has 0 aliphatic carbocycles. The average molecular weight is 653 g/mol. The number of piperazine rings is 1. The Kier molecular flexibility index (Phi) is 17.9. The molecule has 0 aromatic heterocycles. The molecule has 0 spiro atoms. The van der Waals surface area contributed by atoms with Gasteiger partial charge in [0, 0.05) is 44.0 Å². The number of nitrogens with one attached hydrogen (secondary N) is 2. The van der Waals surface area contributed by atoms with E-state index in [1.54, 1.807) is 0 Å². The molecule has 15 nitrogen and oxygen atoms in total. The molecule has 1 aromatic rings. The van der Waals surface area contributed by atoms with Crippen LogP contribution in [0.2, 0.25) is 0 Å². The number of carboxylic acids is 1. The fourth-order valence-electron chi connectivity index (χ4n) is 4.69. The zero-order chi connectivity index (χ0) is 32.8. The second-order valence-corrected chi connectivity index (χ2v) is 10.6. The number of aliphatic carboxylic acids is 1. The van der Waals surface area contributed by atoms with E-state index in [0.717, 1.165) is 24.5 Å². The lowest BCUT2D eigenvalue weighted by Gasteiger charge is -2.36. The average Bonchev–Trinajstić information content (AvgIpc) is 3.05. The molecular weight excluding hydrogens is 604 g/mol. The van der Waals surface area contributed by atoms with Crippen LogP contribution in [0.3, 0.4) is 0 Å². The molecule has 2 heterocycles. The summed E-state index contributed by atoms with van der Waals surface area (Å²) in [6.07, 6.45) is 1.13. The van der Waals surface area contributed by atoms with E-state index in [1.165, 1.54) is 0 Å². The molecule has 3 amide bonds. The number of carboxylic acid groups (broad SMARTS) is 1. The molecule has 0 bridgehead atoms. The van der Waals surface area contributed by atoms with Crippen LogP contribution in [-0.2, 0) is 47.6 Å². The summed E-state index contributed by atoms with van der Waals surface area (Å²) < 4.78 is 32.3. The summed E-state index contributed by atoms with van der Waals surface area (Å²) in [5, 5.41) is 14.0. The minimum atomic E-state index is -0.883. The van der Waals surface area contributed by atoms with Gasteiger partial charge in [-0.25, -0.2) is 0 Å². The summed E-state index contributed by atoms with van der Waals surface area (Å²) in [5.41, 5.74) is 1.88. The lowest BCUT2D eigenvalue weighted by atomic mass is 10.1. The Morgan fingerprint density at radius 3 is 1.67 bits per heavy atom. The van der Waals surface area contributed by atoms with Gasteiger partial charge < -0.3 is 48.6 Å². The number of carbonyl (C=O) groups excluding carboxylic acids is 3. The van der Waals surface area contributed by atoms with Crippen molar-refractivity contribution in [2.24, 2.45) is 0 Å². The van der Waals surface area contributed by atoms with Crippen molar-refractivity contribution in [3.63, 3.8) is 0 Å². The van der Waals surface area contributed by atoms with Crippen LogP contribution in [0.25, 0.3) is 0 Å². The van der Waals surface area contributed by atoms with Crippen LogP contribution < -0.4 is 15.5 Å². The topological polar surface area (TPSA) is 174 Å². The van der Waals surface area contributed by atoms with Gasteiger partial charge in [-0.2, -0.15) is 0 Å². The third-order valence-corrected chi connectivity index (χ3v) is 7.23. The van der Waals surface area contributed by atoms with Crippen LogP contribution in [0.5, 0.6) is 0 Å². The number of hydrogen-bond donors (Lipinski definition) is 3. The molecule has 2 aliphatic heterocycles. The smallest absolute Gasteiger partial charge is 0.305 e. The molecule has 1 atom stereocenters. The third-order valence-electron chi connectivity index (χ3n) is 7.23. The molecule has 1 unspecified atom stereocenters. The van der Waals surface area contributed by atoms with Crippen molar-refractivity contribution in [3.05, 3.63) is 24.3 Å². The molecule has 3 N–H and O–H groups in total. The Morgan fingerprint density at radius 1 is 0.717 bits per heavy atom. The van der Waals surface area contributed by atoms with Crippen LogP contribution in [0, 0.1) is 0 Å². The molecule has 2 fully saturated rings. The fourth-order valence-corrected chi connectivity index (χ4v) is 4.69. The Labute approximate surface area is 269 Å². The molecule has 0 radical (unpaired) electrons. The molecule has 46 heavy (non-hydrogen) atoms. The number of benzene rings is 1. The Hall–Kier alpha value is -3.34. The van der Waals surface area contributed by atoms with Crippen molar-refractivity contribution in [2.75, 3.05) is 116 Å². The number of rotatable bonds is 24. The molecule has 3 rings (SSSR count). The first-order valence-electron chi connectivity index (χ1n) is 15.8. The number of imide groups is 1. The summed E-state index contributed by atoms with van der Waals surface area (Å²) in [5.74, 6) is -1.33. The zero-order valence-electron chi connectivity index (χ0n) is 26.5. The minimum absolute atomic E-state index is 0.0126. The van der Waals surface area contributed by atoms with E-state index in [4.69, 9.17) is 33.5 Å². The number of hydrogen-bond acceptors (Lipinski definition) is 12. The van der Waals surface area contributed by atoms with Crippen LogP contribution in [-0.4, -0.2) is 145 Å². The number of piperidine rings is 1. The second-order valence-electron chi connectivity index (χ2n) is 10.6. The first-order valence-corrected chi connectivity index (χ1v) is 15.8. The largest absolute Gasteiger partial charge is 0.481 e. The highest BCUT2D eigenvalue weighted by molar-refractivity contribution is 6.01. The zero-order valence-corrected chi connectivity index (χ0v) is 26.5. The number of anilines is 2. The molecule has 1 aromatic carbocycles. The number of amides is 3. The highest BCUT2D eigenvalue weighted by Gasteiger charge is 2.26. The predicted octanol–water partition coefficient (Wildman–Crippen LogP) is 0.517. The lowest BCUT2D eigenvalue weighted by Crippen LogP contribution is -2.49. The minimum Gasteiger partial charge on any atom is -0.481 e. The van der Waals surface area contributed by atoms with Gasteiger partial charge in [0.2, 0.25) is 17.7 Å². The van der Waals surface area contributed by atoms with Gasteiger partial charge in [-0.15, -0.1) is 0 Å². The summed E-state index contributed by atoms with van der Waals surface area (Å²) in [7, 11) is 0. The van der Waals surface area contributed by atoms with Gasteiger partial charge in [-0.1, -0.05) is 0 Å². The predicted molar refractivity (Wildman–Crippen MR) is 167 cm³/mol. The second kappa shape index (κ2) is 22.2.